The van der Waals surface area contributed by atoms with E-state index in [4.69, 9.17) is 9.47 Å². The van der Waals surface area contributed by atoms with Crippen molar-refractivity contribution in [3.8, 4) is 0 Å². The van der Waals surface area contributed by atoms with Crippen LogP contribution in [0.3, 0.4) is 0 Å². The fraction of sp³-hybridized carbons (Fsp3) is 0.976. The van der Waals surface area contributed by atoms with Gasteiger partial charge in [0.15, 0.2) is 6.29 Å². The number of hydrogen-bond acceptors (Lipinski definition) is 10. The summed E-state index contributed by atoms with van der Waals surface area (Å²) in [7, 11) is 0. The fourth-order valence-electron chi connectivity index (χ4n) is 7.20. The molecule has 0 spiro atoms. The van der Waals surface area contributed by atoms with Crippen LogP contribution in [0.4, 0.5) is 0 Å². The maximum Gasteiger partial charge on any atom is 0.249 e. The minimum Gasteiger partial charge on any atom is -0.394 e. The van der Waals surface area contributed by atoms with Crippen molar-refractivity contribution < 1.29 is 50.0 Å². The predicted octanol–water partition coefficient (Wildman–Crippen LogP) is 6.33. The molecule has 1 aliphatic rings. The number of amides is 1. The number of hydrogen-bond donors (Lipinski definition) is 8. The van der Waals surface area contributed by atoms with E-state index in [0.29, 0.717) is 19.3 Å². The highest BCUT2D eigenvalue weighted by Gasteiger charge is 2.44. The zero-order valence-corrected chi connectivity index (χ0v) is 33.8. The lowest BCUT2D eigenvalue weighted by molar-refractivity contribution is -0.303. The number of carbonyl (C=O) groups excluding carboxylic acids is 1. The van der Waals surface area contributed by atoms with Gasteiger partial charge < -0.3 is 50.5 Å². The van der Waals surface area contributed by atoms with E-state index in [1.807, 2.05) is 0 Å². The largest absolute Gasteiger partial charge is 0.394 e. The second-order valence-corrected chi connectivity index (χ2v) is 15.8. The van der Waals surface area contributed by atoms with Crippen molar-refractivity contribution >= 4 is 5.91 Å². The quantitative estimate of drug-likeness (QED) is 0.0335. The topological polar surface area (TPSA) is 189 Å². The van der Waals surface area contributed by atoms with Crippen molar-refractivity contribution in [1.82, 2.24) is 5.32 Å². The van der Waals surface area contributed by atoms with Crippen LogP contribution in [0.5, 0.6) is 0 Å². The molecular weight excluding hydrogens is 678 g/mol. The monoisotopic (exact) mass is 762 g/mol. The molecule has 0 aromatic carbocycles. The third kappa shape index (κ3) is 23.7. The number of ether oxygens (including phenoxy) is 2. The van der Waals surface area contributed by atoms with Crippen molar-refractivity contribution in [3.63, 3.8) is 0 Å². The zero-order chi connectivity index (χ0) is 39.1. The van der Waals surface area contributed by atoms with Crippen LogP contribution in [0, 0.1) is 0 Å². The highest BCUT2D eigenvalue weighted by molar-refractivity contribution is 5.80. The molecule has 9 unspecified atom stereocenters. The van der Waals surface area contributed by atoms with Crippen molar-refractivity contribution in [1.29, 1.82) is 0 Å². The van der Waals surface area contributed by atoms with Gasteiger partial charge in [-0.25, -0.2) is 0 Å². The first-order chi connectivity index (χ1) is 25.7. The molecule has 0 aromatic rings. The standard InChI is InChI=1S/C42H83NO10/c1-3-5-7-9-11-12-13-14-15-16-17-18-19-20-21-22-24-26-28-30-35(46)41(51)43-33(37(47)34(45)29-27-25-23-10-8-6-4-2)32-52-42-40(50)39(49)38(48)36(31-44)53-42/h33-40,42,44-50H,3-32H2,1-2H3,(H,43,51). The average molecular weight is 762 g/mol. The number of aliphatic hydroxyl groups excluding tert-OH is 7. The van der Waals surface area contributed by atoms with Gasteiger partial charge in [-0.05, 0) is 12.8 Å². The molecule has 53 heavy (non-hydrogen) atoms. The Hall–Kier alpha value is -0.890. The number of aliphatic hydroxyl groups is 7. The highest BCUT2D eigenvalue weighted by Crippen LogP contribution is 2.23. The molecule has 1 rings (SSSR count). The maximum atomic E-state index is 13.0. The first-order valence-corrected chi connectivity index (χ1v) is 21.9. The van der Waals surface area contributed by atoms with Crippen LogP contribution in [0.25, 0.3) is 0 Å². The van der Waals surface area contributed by atoms with Crippen LogP contribution in [-0.2, 0) is 14.3 Å². The second-order valence-electron chi connectivity index (χ2n) is 15.8. The minimum atomic E-state index is -1.65. The lowest BCUT2D eigenvalue weighted by atomic mass is 9.98. The van der Waals surface area contributed by atoms with E-state index < -0.39 is 74.2 Å². The highest BCUT2D eigenvalue weighted by atomic mass is 16.7. The van der Waals surface area contributed by atoms with Crippen LogP contribution in [0.15, 0.2) is 0 Å². The van der Waals surface area contributed by atoms with Gasteiger partial charge in [0.05, 0.1) is 25.4 Å². The molecule has 0 bridgehead atoms. The summed E-state index contributed by atoms with van der Waals surface area (Å²) >= 11 is 0. The lowest BCUT2D eigenvalue weighted by Crippen LogP contribution is -2.60. The molecule has 9 atom stereocenters. The molecular formula is C42H83NO10. The first-order valence-electron chi connectivity index (χ1n) is 21.9. The normalized spacial score (nSPS) is 22.8. The van der Waals surface area contributed by atoms with Gasteiger partial charge in [-0.1, -0.05) is 181 Å². The van der Waals surface area contributed by atoms with Gasteiger partial charge in [-0.3, -0.25) is 4.79 Å². The van der Waals surface area contributed by atoms with E-state index in [-0.39, 0.29) is 6.42 Å². The Morgan fingerprint density at radius 2 is 0.981 bits per heavy atom. The van der Waals surface area contributed by atoms with Crippen molar-refractivity contribution in [2.45, 2.75) is 249 Å². The summed E-state index contributed by atoms with van der Waals surface area (Å²) in [4.78, 5) is 13.0. The third-order valence-corrected chi connectivity index (χ3v) is 10.9. The van der Waals surface area contributed by atoms with Gasteiger partial charge in [0.2, 0.25) is 5.91 Å². The summed E-state index contributed by atoms with van der Waals surface area (Å²) in [6, 6.07) is -1.16. The van der Waals surface area contributed by atoms with Crippen LogP contribution < -0.4 is 5.32 Å². The average Bonchev–Trinajstić information content (AvgIpc) is 3.16. The Labute approximate surface area is 322 Å². The number of nitrogens with one attached hydrogen (secondary N) is 1. The molecule has 1 heterocycles. The van der Waals surface area contributed by atoms with Crippen LogP contribution in [0.2, 0.25) is 0 Å². The maximum absolute atomic E-state index is 13.0. The van der Waals surface area contributed by atoms with E-state index in [0.717, 1.165) is 44.9 Å². The summed E-state index contributed by atoms with van der Waals surface area (Å²) in [5, 5.41) is 75.2. The molecule has 1 aliphatic heterocycles. The number of unbranched alkanes of at least 4 members (excludes halogenated alkanes) is 24. The number of carbonyl (C=O) groups is 1. The first kappa shape index (κ1) is 50.1. The van der Waals surface area contributed by atoms with E-state index in [2.05, 4.69) is 19.2 Å². The molecule has 316 valence electrons. The molecule has 1 fully saturated rings. The molecule has 1 amide bonds. The van der Waals surface area contributed by atoms with Crippen LogP contribution in [0.1, 0.15) is 194 Å². The molecule has 0 radical (unpaired) electrons. The third-order valence-electron chi connectivity index (χ3n) is 10.9. The summed E-state index contributed by atoms with van der Waals surface area (Å²) in [6.07, 6.45) is 20.4. The smallest absolute Gasteiger partial charge is 0.249 e. The molecule has 0 aliphatic carbocycles. The summed E-state index contributed by atoms with van der Waals surface area (Å²) < 4.78 is 11.0. The van der Waals surface area contributed by atoms with Crippen molar-refractivity contribution in [3.05, 3.63) is 0 Å². The zero-order valence-electron chi connectivity index (χ0n) is 33.8. The molecule has 1 saturated heterocycles. The van der Waals surface area contributed by atoms with Gasteiger partial charge in [0, 0.05) is 0 Å². The molecule has 8 N–H and O–H groups in total. The molecule has 11 nitrogen and oxygen atoms in total. The van der Waals surface area contributed by atoms with Crippen molar-refractivity contribution in [2.24, 2.45) is 0 Å². The number of rotatable bonds is 36. The van der Waals surface area contributed by atoms with E-state index in [1.54, 1.807) is 0 Å². The summed E-state index contributed by atoms with van der Waals surface area (Å²) in [5.74, 6) is -0.697. The van der Waals surface area contributed by atoms with E-state index >= 15 is 0 Å². The Bertz CT molecular complexity index is 836. The van der Waals surface area contributed by atoms with E-state index in [9.17, 15) is 40.5 Å². The minimum absolute atomic E-state index is 0.266. The second kappa shape index (κ2) is 33.3. The molecule has 11 heteroatoms. The predicted molar refractivity (Wildman–Crippen MR) is 210 cm³/mol. The van der Waals surface area contributed by atoms with Crippen molar-refractivity contribution in [2.75, 3.05) is 13.2 Å². The Kier molecular flexibility index (Phi) is 31.5. The Morgan fingerprint density at radius 3 is 1.40 bits per heavy atom. The lowest BCUT2D eigenvalue weighted by Gasteiger charge is -2.40. The van der Waals surface area contributed by atoms with Gasteiger partial charge in [-0.2, -0.15) is 0 Å². The fourth-order valence-corrected chi connectivity index (χ4v) is 7.20. The SMILES string of the molecule is CCCCCCCCCCCCCCCCCCCCCC(O)C(=O)NC(COC1OC(CO)C(O)C(O)C1O)C(O)C(O)CCCCCCCCC. The van der Waals surface area contributed by atoms with Gasteiger partial charge in [-0.15, -0.1) is 0 Å². The molecule has 0 aromatic heterocycles. The Balaban J connectivity index is 2.37. The van der Waals surface area contributed by atoms with Gasteiger partial charge in [0.1, 0.15) is 36.6 Å². The van der Waals surface area contributed by atoms with Gasteiger partial charge in [0.25, 0.3) is 0 Å². The summed E-state index contributed by atoms with van der Waals surface area (Å²) in [5.41, 5.74) is 0. The Morgan fingerprint density at radius 1 is 0.585 bits per heavy atom. The van der Waals surface area contributed by atoms with Gasteiger partial charge >= 0.3 is 0 Å². The van der Waals surface area contributed by atoms with E-state index in [1.165, 1.54) is 109 Å². The molecule has 0 saturated carbocycles. The van der Waals surface area contributed by atoms with Crippen LogP contribution in [-0.4, -0.2) is 110 Å². The summed E-state index contributed by atoms with van der Waals surface area (Å²) in [6.45, 7) is 3.38. The van der Waals surface area contributed by atoms with Crippen LogP contribution >= 0.6 is 0 Å².